The molecule has 2 saturated carbocycles. The van der Waals surface area contributed by atoms with Crippen molar-refractivity contribution in [3.8, 4) is 0 Å². The van der Waals surface area contributed by atoms with Crippen molar-refractivity contribution in [2.45, 2.75) is 91.0 Å². The summed E-state index contributed by atoms with van der Waals surface area (Å²) in [4.78, 5) is 12.6. The molecule has 0 spiro atoms. The number of nitrogens with one attached hydrogen (secondary N) is 1. The molecule has 1 N–H and O–H groups in total. The van der Waals surface area contributed by atoms with Crippen LogP contribution >= 0.6 is 0 Å². The summed E-state index contributed by atoms with van der Waals surface area (Å²) in [7, 11) is 0. The molecule has 1 aromatic heterocycles. The van der Waals surface area contributed by atoms with Gasteiger partial charge >= 0.3 is 0 Å². The van der Waals surface area contributed by atoms with Crippen molar-refractivity contribution in [2.75, 3.05) is 5.32 Å². The molecule has 5 heteroatoms. The van der Waals surface area contributed by atoms with Crippen molar-refractivity contribution in [3.05, 3.63) is 41.0 Å². The van der Waals surface area contributed by atoms with Gasteiger partial charge in [-0.2, -0.15) is 0 Å². The van der Waals surface area contributed by atoms with Gasteiger partial charge in [0.15, 0.2) is 0 Å². The summed E-state index contributed by atoms with van der Waals surface area (Å²) in [5.41, 5.74) is 3.21. The molecule has 2 aliphatic rings. The number of hydrogen-bond acceptors (Lipinski definition) is 3. The van der Waals surface area contributed by atoms with E-state index in [1.165, 1.54) is 50.5 Å². The molecule has 30 heavy (non-hydrogen) atoms. The number of benzene rings is 1. The topological polar surface area (TPSA) is 59.8 Å². The van der Waals surface area contributed by atoms with E-state index in [-0.39, 0.29) is 5.91 Å². The number of amides is 1. The zero-order chi connectivity index (χ0) is 21.1. The average Bonchev–Trinajstić information content (AvgIpc) is 3.31. The van der Waals surface area contributed by atoms with Gasteiger partial charge in [0.25, 0.3) is 0 Å². The highest BCUT2D eigenvalue weighted by Crippen LogP contribution is 2.44. The van der Waals surface area contributed by atoms with Gasteiger partial charge in [0.2, 0.25) is 5.91 Å². The van der Waals surface area contributed by atoms with Gasteiger partial charge in [-0.05, 0) is 50.2 Å². The number of nitrogens with zero attached hydrogens (tertiary/aromatic N) is 3. The molecule has 2 atom stereocenters. The molecule has 0 bridgehead atoms. The molecule has 1 heterocycles. The summed E-state index contributed by atoms with van der Waals surface area (Å²) in [5.74, 6) is 3.72. The van der Waals surface area contributed by atoms with E-state index in [0.717, 1.165) is 35.2 Å². The van der Waals surface area contributed by atoms with Gasteiger partial charge < -0.3 is 9.88 Å². The quantitative estimate of drug-likeness (QED) is 0.622. The number of rotatable bonds is 8. The van der Waals surface area contributed by atoms with Crippen LogP contribution in [0.1, 0.15) is 87.1 Å². The van der Waals surface area contributed by atoms with Crippen LogP contribution < -0.4 is 5.32 Å². The van der Waals surface area contributed by atoms with Crippen molar-refractivity contribution in [2.24, 2.45) is 11.8 Å². The van der Waals surface area contributed by atoms with Crippen LogP contribution in [0.2, 0.25) is 0 Å². The predicted octanol–water partition coefficient (Wildman–Crippen LogP) is 5.56. The standard InChI is InChI=1S/C25H36N4O/c1-17-9-11-21(18(2)15-17)26-25(30)14-13-24-28-27-23(29(24)22-16-19(22)3)12-10-20-7-5-4-6-8-20/h9,11,15,19-20,22H,4-8,10,12-14,16H2,1-3H3,(H,26,30)/t19-,22?/m0/s1. The van der Waals surface area contributed by atoms with E-state index in [1.54, 1.807) is 0 Å². The fourth-order valence-electron chi connectivity index (χ4n) is 4.95. The summed E-state index contributed by atoms with van der Waals surface area (Å²) >= 11 is 0. The minimum Gasteiger partial charge on any atom is -0.326 e. The lowest BCUT2D eigenvalue weighted by Gasteiger charge is -2.21. The van der Waals surface area contributed by atoms with Crippen molar-refractivity contribution < 1.29 is 4.79 Å². The maximum absolute atomic E-state index is 12.6. The number of hydrogen-bond donors (Lipinski definition) is 1. The van der Waals surface area contributed by atoms with Crippen LogP contribution in [0.4, 0.5) is 5.69 Å². The molecule has 1 unspecified atom stereocenters. The zero-order valence-corrected chi connectivity index (χ0v) is 18.8. The maximum atomic E-state index is 12.6. The Morgan fingerprint density at radius 2 is 1.80 bits per heavy atom. The predicted molar refractivity (Wildman–Crippen MR) is 121 cm³/mol. The van der Waals surface area contributed by atoms with Crippen molar-refractivity contribution >= 4 is 11.6 Å². The van der Waals surface area contributed by atoms with Gasteiger partial charge in [0, 0.05) is 31.0 Å². The Labute approximate surface area is 180 Å². The van der Waals surface area contributed by atoms with Crippen LogP contribution in [-0.2, 0) is 17.6 Å². The van der Waals surface area contributed by atoms with Gasteiger partial charge in [0.1, 0.15) is 11.6 Å². The first-order valence-corrected chi connectivity index (χ1v) is 11.8. The smallest absolute Gasteiger partial charge is 0.224 e. The lowest BCUT2D eigenvalue weighted by molar-refractivity contribution is -0.116. The van der Waals surface area contributed by atoms with Gasteiger partial charge in [0.05, 0.1) is 0 Å². The normalized spacial score (nSPS) is 21.6. The van der Waals surface area contributed by atoms with Gasteiger partial charge in [-0.1, -0.05) is 56.7 Å². The Morgan fingerprint density at radius 3 is 2.47 bits per heavy atom. The highest BCUT2D eigenvalue weighted by Gasteiger charge is 2.37. The second-order valence-corrected chi connectivity index (χ2v) is 9.59. The van der Waals surface area contributed by atoms with Crippen molar-refractivity contribution in [1.82, 2.24) is 14.8 Å². The Morgan fingerprint density at radius 1 is 1.10 bits per heavy atom. The molecule has 5 nitrogen and oxygen atoms in total. The fraction of sp³-hybridized carbons (Fsp3) is 0.640. The van der Waals surface area contributed by atoms with Crippen LogP contribution in [0, 0.1) is 25.7 Å². The number of aryl methyl sites for hydroxylation is 4. The second-order valence-electron chi connectivity index (χ2n) is 9.59. The Balaban J connectivity index is 1.37. The summed E-state index contributed by atoms with van der Waals surface area (Å²) < 4.78 is 2.37. The first-order valence-electron chi connectivity index (χ1n) is 11.8. The van der Waals surface area contributed by atoms with Crippen LogP contribution in [0.15, 0.2) is 18.2 Å². The highest BCUT2D eigenvalue weighted by atomic mass is 16.1. The summed E-state index contributed by atoms with van der Waals surface area (Å²) in [6, 6.07) is 6.64. The van der Waals surface area contributed by atoms with E-state index >= 15 is 0 Å². The summed E-state index contributed by atoms with van der Waals surface area (Å²) in [6.45, 7) is 6.40. The van der Waals surface area contributed by atoms with E-state index < -0.39 is 0 Å². The maximum Gasteiger partial charge on any atom is 0.224 e. The zero-order valence-electron chi connectivity index (χ0n) is 18.8. The molecule has 0 saturated heterocycles. The lowest BCUT2D eigenvalue weighted by Crippen LogP contribution is -2.15. The van der Waals surface area contributed by atoms with Crippen LogP contribution in [-0.4, -0.2) is 20.7 Å². The van der Waals surface area contributed by atoms with Crippen molar-refractivity contribution in [1.29, 1.82) is 0 Å². The molecule has 2 fully saturated rings. The number of anilines is 1. The number of carbonyl (C=O) groups is 1. The minimum atomic E-state index is 0.0455. The molecular weight excluding hydrogens is 372 g/mol. The Hall–Kier alpha value is -2.17. The monoisotopic (exact) mass is 408 g/mol. The highest BCUT2D eigenvalue weighted by molar-refractivity contribution is 5.91. The van der Waals surface area contributed by atoms with E-state index in [0.29, 0.717) is 24.8 Å². The molecule has 2 aliphatic carbocycles. The SMILES string of the molecule is Cc1ccc(NC(=O)CCc2nnc(CCC3CCCCC3)n2C2C[C@@H]2C)c(C)c1. The molecule has 0 aliphatic heterocycles. The Bertz CT molecular complexity index is 881. The van der Waals surface area contributed by atoms with Crippen LogP contribution in [0.5, 0.6) is 0 Å². The first-order chi connectivity index (χ1) is 14.5. The molecule has 1 aromatic carbocycles. The van der Waals surface area contributed by atoms with Gasteiger partial charge in [-0.25, -0.2) is 0 Å². The van der Waals surface area contributed by atoms with E-state index in [1.807, 2.05) is 19.1 Å². The third kappa shape index (κ3) is 5.11. The molecular formula is C25H36N4O. The third-order valence-corrected chi connectivity index (χ3v) is 6.97. The summed E-state index contributed by atoms with van der Waals surface area (Å²) in [6.07, 6.45) is 11.5. The number of carbonyl (C=O) groups excluding carboxylic acids is 1. The van der Waals surface area contributed by atoms with Crippen LogP contribution in [0.25, 0.3) is 0 Å². The first kappa shape index (κ1) is 21.1. The summed E-state index contributed by atoms with van der Waals surface area (Å²) in [5, 5.41) is 12.1. The second kappa shape index (κ2) is 9.32. The largest absolute Gasteiger partial charge is 0.326 e. The Kier molecular flexibility index (Phi) is 6.55. The van der Waals surface area contributed by atoms with Crippen LogP contribution in [0.3, 0.4) is 0 Å². The van der Waals surface area contributed by atoms with Gasteiger partial charge in [-0.3, -0.25) is 4.79 Å². The lowest BCUT2D eigenvalue weighted by atomic mass is 9.86. The van der Waals surface area contributed by atoms with E-state index in [9.17, 15) is 4.79 Å². The molecule has 162 valence electrons. The molecule has 2 aromatic rings. The molecule has 4 rings (SSSR count). The molecule has 0 radical (unpaired) electrons. The third-order valence-electron chi connectivity index (χ3n) is 6.97. The molecule has 1 amide bonds. The minimum absolute atomic E-state index is 0.0455. The van der Waals surface area contributed by atoms with E-state index in [4.69, 9.17) is 0 Å². The average molecular weight is 409 g/mol. The fourth-order valence-corrected chi connectivity index (χ4v) is 4.95. The van der Waals surface area contributed by atoms with Crippen molar-refractivity contribution in [3.63, 3.8) is 0 Å². The van der Waals surface area contributed by atoms with Gasteiger partial charge in [-0.15, -0.1) is 10.2 Å². The number of aromatic nitrogens is 3. The van der Waals surface area contributed by atoms with E-state index in [2.05, 4.69) is 40.0 Å².